The van der Waals surface area contributed by atoms with Gasteiger partial charge < -0.3 is 38.7 Å². The van der Waals surface area contributed by atoms with E-state index in [1.165, 1.54) is 9.80 Å². The Morgan fingerprint density at radius 3 is 2.16 bits per heavy atom. The number of carbonyl (C=O) groups excluding carboxylic acids is 3. The van der Waals surface area contributed by atoms with E-state index in [9.17, 15) is 28.8 Å². The molecule has 0 unspecified atom stereocenters. The predicted molar refractivity (Wildman–Crippen MR) is 170 cm³/mol. The van der Waals surface area contributed by atoms with Crippen LogP contribution in [-0.4, -0.2) is 96.2 Å². The number of unbranched alkanes of at least 4 members (excludes halogenated alkanes) is 1. The Morgan fingerprint density at radius 1 is 0.956 bits per heavy atom. The Kier molecular flexibility index (Phi) is 18.4. The lowest BCUT2D eigenvalue weighted by Gasteiger charge is -2.30. The van der Waals surface area contributed by atoms with Crippen LogP contribution in [-0.2, 0) is 39.3 Å². The molecule has 1 aromatic rings. The number of rotatable bonds is 21. The number of carboxylic acid groups (broad SMARTS) is 1. The molecule has 0 aliphatic carbocycles. The number of hydrogen-bond acceptors (Lipinski definition) is 9. The van der Waals surface area contributed by atoms with E-state index < -0.39 is 37.4 Å². The predicted octanol–water partition coefficient (Wildman–Crippen LogP) is 5.67. The molecule has 0 saturated carbocycles. The molecule has 1 rings (SSSR count). The van der Waals surface area contributed by atoms with Crippen LogP contribution in [0.5, 0.6) is 0 Å². The molecule has 0 aromatic heterocycles. The maximum absolute atomic E-state index is 13.1. The van der Waals surface area contributed by atoms with Crippen LogP contribution in [0.3, 0.4) is 0 Å². The van der Waals surface area contributed by atoms with Crippen LogP contribution in [0, 0.1) is 0 Å². The summed E-state index contributed by atoms with van der Waals surface area (Å²) >= 11 is 0. The number of carbonyl (C=O) groups is 4. The molecule has 0 aliphatic heterocycles. The quantitative estimate of drug-likeness (QED) is 0.125. The van der Waals surface area contributed by atoms with E-state index in [2.05, 4.69) is 5.32 Å². The molecule has 0 saturated heterocycles. The maximum Gasteiger partial charge on any atom is 0.410 e. The number of nitrogens with zero attached hydrogens (tertiary/aromatic N) is 2. The summed E-state index contributed by atoms with van der Waals surface area (Å²) in [6.45, 7) is 11.1. The lowest BCUT2D eigenvalue weighted by molar-refractivity contribution is -0.150. The van der Waals surface area contributed by atoms with Gasteiger partial charge in [-0.3, -0.25) is 9.36 Å². The third-order valence-electron chi connectivity index (χ3n) is 6.38. The molecular formula is C31H52N3O10P. The number of hydrogen-bond donors (Lipinski definition) is 2. The van der Waals surface area contributed by atoms with E-state index in [0.29, 0.717) is 19.3 Å². The van der Waals surface area contributed by atoms with Crippen molar-refractivity contribution in [3.05, 3.63) is 35.9 Å². The molecule has 13 nitrogen and oxygen atoms in total. The first-order valence-electron chi connectivity index (χ1n) is 15.6. The van der Waals surface area contributed by atoms with Crippen molar-refractivity contribution in [3.8, 4) is 0 Å². The summed E-state index contributed by atoms with van der Waals surface area (Å²) in [6, 6.07) is 8.06. The number of alkyl carbamates (subject to hydrolysis) is 1. The molecule has 14 heteroatoms. The van der Waals surface area contributed by atoms with Crippen LogP contribution in [0.1, 0.15) is 79.2 Å². The summed E-state index contributed by atoms with van der Waals surface area (Å²) in [7, 11) is -3.43. The molecule has 1 aromatic carbocycles. The first-order chi connectivity index (χ1) is 21.2. The van der Waals surface area contributed by atoms with Crippen molar-refractivity contribution in [1.29, 1.82) is 0 Å². The lowest BCUT2D eigenvalue weighted by Crippen LogP contribution is -2.48. The van der Waals surface area contributed by atoms with Gasteiger partial charge in [0.15, 0.2) is 0 Å². The normalized spacial score (nSPS) is 12.2. The third kappa shape index (κ3) is 16.7. The highest BCUT2D eigenvalue weighted by Gasteiger charge is 2.30. The third-order valence-corrected chi connectivity index (χ3v) is 8.43. The lowest BCUT2D eigenvalue weighted by atomic mass is 10.1. The van der Waals surface area contributed by atoms with Crippen LogP contribution in [0.4, 0.5) is 9.59 Å². The molecule has 0 bridgehead atoms. The van der Waals surface area contributed by atoms with Crippen molar-refractivity contribution < 1.29 is 47.4 Å². The van der Waals surface area contributed by atoms with Gasteiger partial charge in [0.2, 0.25) is 5.91 Å². The molecule has 0 spiro atoms. The van der Waals surface area contributed by atoms with Crippen molar-refractivity contribution in [3.63, 3.8) is 0 Å². The second-order valence-electron chi connectivity index (χ2n) is 11.3. The molecule has 0 aliphatic rings. The van der Waals surface area contributed by atoms with Crippen LogP contribution >= 0.6 is 7.60 Å². The first-order valence-corrected chi connectivity index (χ1v) is 17.3. The summed E-state index contributed by atoms with van der Waals surface area (Å²) in [5.74, 6) is -1.49. The summed E-state index contributed by atoms with van der Waals surface area (Å²) in [6.07, 6.45) is 0.284. The smallest absolute Gasteiger partial charge is 0.410 e. The van der Waals surface area contributed by atoms with Crippen LogP contribution in [0.25, 0.3) is 0 Å². The fraction of sp³-hybridized carbons (Fsp3) is 0.677. The largest absolute Gasteiger partial charge is 0.480 e. The van der Waals surface area contributed by atoms with Gasteiger partial charge in [-0.05, 0) is 65.9 Å². The van der Waals surface area contributed by atoms with Crippen molar-refractivity contribution in [2.24, 2.45) is 0 Å². The van der Waals surface area contributed by atoms with Gasteiger partial charge in [0.05, 0.1) is 19.4 Å². The maximum atomic E-state index is 13.1. The van der Waals surface area contributed by atoms with E-state index in [1.54, 1.807) is 34.6 Å². The summed E-state index contributed by atoms with van der Waals surface area (Å²) in [5, 5.41) is 12.6. The summed E-state index contributed by atoms with van der Waals surface area (Å²) in [5.41, 5.74) is 0.110. The van der Waals surface area contributed by atoms with Gasteiger partial charge in [0, 0.05) is 32.6 Å². The zero-order valence-electron chi connectivity index (χ0n) is 27.6. The summed E-state index contributed by atoms with van der Waals surface area (Å²) < 4.78 is 34.5. The Bertz CT molecular complexity index is 1090. The van der Waals surface area contributed by atoms with E-state index in [-0.39, 0.29) is 70.9 Å². The van der Waals surface area contributed by atoms with Crippen molar-refractivity contribution >= 4 is 31.7 Å². The number of carboxylic acids is 1. The highest BCUT2D eigenvalue weighted by atomic mass is 31.2. The number of amides is 3. The molecule has 0 fully saturated rings. The van der Waals surface area contributed by atoms with Gasteiger partial charge in [-0.1, -0.05) is 37.3 Å². The summed E-state index contributed by atoms with van der Waals surface area (Å²) in [4.78, 5) is 53.0. The van der Waals surface area contributed by atoms with Gasteiger partial charge in [-0.2, -0.15) is 0 Å². The fourth-order valence-electron chi connectivity index (χ4n) is 4.37. The second-order valence-corrected chi connectivity index (χ2v) is 13.5. The number of aliphatic carboxylic acids is 1. The first kappa shape index (κ1) is 39.9. The monoisotopic (exact) mass is 657 g/mol. The van der Waals surface area contributed by atoms with E-state index >= 15 is 0 Å². The van der Waals surface area contributed by atoms with Crippen LogP contribution < -0.4 is 5.32 Å². The van der Waals surface area contributed by atoms with E-state index in [1.807, 2.05) is 37.3 Å². The number of benzene rings is 1. The van der Waals surface area contributed by atoms with Crippen molar-refractivity contribution in [1.82, 2.24) is 15.1 Å². The Balaban J connectivity index is 2.91. The Labute approximate surface area is 267 Å². The molecule has 1 atom stereocenters. The average Bonchev–Trinajstić information content (AvgIpc) is 2.96. The van der Waals surface area contributed by atoms with Gasteiger partial charge in [-0.25, -0.2) is 14.4 Å². The number of nitrogens with one attached hydrogen (secondary N) is 1. The van der Waals surface area contributed by atoms with Gasteiger partial charge in [0.1, 0.15) is 18.2 Å². The zero-order valence-corrected chi connectivity index (χ0v) is 28.5. The Hall–Kier alpha value is -3.15. The number of ether oxygens (including phenoxy) is 2. The molecule has 2 N–H and O–H groups in total. The van der Waals surface area contributed by atoms with E-state index in [4.69, 9.17) is 18.5 Å². The van der Waals surface area contributed by atoms with Gasteiger partial charge in [0.25, 0.3) is 0 Å². The molecule has 256 valence electrons. The second kappa shape index (κ2) is 20.8. The Morgan fingerprint density at radius 2 is 1.60 bits per heavy atom. The minimum absolute atomic E-state index is 0.00286. The minimum atomic E-state index is -3.43. The van der Waals surface area contributed by atoms with Gasteiger partial charge in [-0.15, -0.1) is 0 Å². The van der Waals surface area contributed by atoms with Crippen molar-refractivity contribution in [2.45, 2.75) is 91.9 Å². The van der Waals surface area contributed by atoms with E-state index in [0.717, 1.165) is 5.56 Å². The molecule has 45 heavy (non-hydrogen) atoms. The molecule has 3 amide bonds. The standard InChI is InChI=1S/C31H52N3O10P/c1-7-15-27(35)34(21-19-32-29(38)44-31(4,5)6)26(28(36)37)18-13-14-20-33(22-23-45(40,42-8-2)43-9-3)30(39)41-24-25-16-11-10-12-17-25/h10-12,16-17,26H,7-9,13-15,18-24H2,1-6H3,(H,32,38)(H,36,37)/t26-/m1/s1. The molecule has 0 heterocycles. The van der Waals surface area contributed by atoms with Gasteiger partial charge >= 0.3 is 25.8 Å². The zero-order chi connectivity index (χ0) is 33.9. The topological polar surface area (TPSA) is 161 Å². The highest BCUT2D eigenvalue weighted by Crippen LogP contribution is 2.47. The minimum Gasteiger partial charge on any atom is -0.480 e. The van der Waals surface area contributed by atoms with Crippen LogP contribution in [0.15, 0.2) is 30.3 Å². The van der Waals surface area contributed by atoms with Crippen LogP contribution in [0.2, 0.25) is 0 Å². The highest BCUT2D eigenvalue weighted by molar-refractivity contribution is 7.53. The SMILES string of the molecule is CCCC(=O)N(CCNC(=O)OC(C)(C)C)[C@H](CCCCN(CCP(=O)(OCC)OCC)C(=O)OCc1ccccc1)C(=O)O. The molecule has 0 radical (unpaired) electrons. The average molecular weight is 658 g/mol. The van der Waals surface area contributed by atoms with Crippen molar-refractivity contribution in [2.75, 3.05) is 45.6 Å². The molecular weight excluding hydrogens is 605 g/mol. The fourth-order valence-corrected chi connectivity index (χ4v) is 5.97.